The van der Waals surface area contributed by atoms with Crippen LogP contribution in [0.25, 0.3) is 0 Å². The Kier molecular flexibility index (Phi) is 4.98. The van der Waals surface area contributed by atoms with Crippen LogP contribution in [0, 0.1) is 23.7 Å². The highest BCUT2D eigenvalue weighted by Crippen LogP contribution is 2.60. The molecule has 8 aliphatic carbocycles. The number of carbonyl (C=O) groups excluding carboxylic acids is 2. The molecule has 0 radical (unpaired) electrons. The van der Waals surface area contributed by atoms with Gasteiger partial charge in [0.1, 0.15) is 5.60 Å². The van der Waals surface area contributed by atoms with E-state index in [4.69, 9.17) is 4.74 Å². The van der Waals surface area contributed by atoms with Crippen LogP contribution in [0.1, 0.15) is 88.2 Å². The maximum atomic E-state index is 13.5. The molecule has 2 amide bonds. The van der Waals surface area contributed by atoms with E-state index in [9.17, 15) is 14.7 Å². The molecule has 7 heteroatoms. The zero-order valence-corrected chi connectivity index (χ0v) is 22.3. The van der Waals surface area contributed by atoms with E-state index in [0.29, 0.717) is 49.7 Å². The van der Waals surface area contributed by atoms with Crippen molar-refractivity contribution in [3.05, 3.63) is 35.4 Å². The topological polar surface area (TPSA) is 90.9 Å². The van der Waals surface area contributed by atoms with E-state index >= 15 is 0 Å². The fourth-order valence-electron chi connectivity index (χ4n) is 11.2. The number of nitrogens with one attached hydrogen (secondary N) is 2. The summed E-state index contributed by atoms with van der Waals surface area (Å²) < 4.78 is 6.43. The van der Waals surface area contributed by atoms with Gasteiger partial charge in [-0.15, -0.1) is 0 Å². The van der Waals surface area contributed by atoms with Crippen molar-refractivity contribution in [2.75, 3.05) is 6.54 Å². The Morgan fingerprint density at radius 2 is 1.42 bits per heavy atom. The van der Waals surface area contributed by atoms with Gasteiger partial charge in [0.15, 0.2) is 0 Å². The van der Waals surface area contributed by atoms with E-state index in [2.05, 4.69) is 22.8 Å². The van der Waals surface area contributed by atoms with E-state index in [1.54, 1.807) is 0 Å². The van der Waals surface area contributed by atoms with Gasteiger partial charge in [-0.2, -0.15) is 0 Å². The first-order valence-electron chi connectivity index (χ1n) is 15.0. The molecule has 1 heterocycles. The van der Waals surface area contributed by atoms with E-state index in [0.717, 1.165) is 57.8 Å². The molecule has 1 aromatic rings. The second-order valence-corrected chi connectivity index (χ2v) is 14.8. The highest BCUT2D eigenvalue weighted by atomic mass is 16.6. The van der Waals surface area contributed by atoms with Crippen molar-refractivity contribution in [1.29, 1.82) is 0 Å². The lowest BCUT2D eigenvalue weighted by atomic mass is 9.51. The van der Waals surface area contributed by atoms with Crippen LogP contribution in [0.4, 0.5) is 4.79 Å². The summed E-state index contributed by atoms with van der Waals surface area (Å²) in [7, 11) is 0. The zero-order chi connectivity index (χ0) is 25.8. The molecule has 9 aliphatic rings. The van der Waals surface area contributed by atoms with Crippen LogP contribution in [-0.4, -0.2) is 50.8 Å². The molecule has 10 rings (SSSR count). The molecular formula is C31H41N3O4. The molecule has 4 atom stereocenters. The average molecular weight is 520 g/mol. The van der Waals surface area contributed by atoms with Gasteiger partial charge in [0.25, 0.3) is 0 Å². The van der Waals surface area contributed by atoms with Crippen molar-refractivity contribution >= 4 is 12.0 Å². The van der Waals surface area contributed by atoms with E-state index in [-0.39, 0.29) is 23.1 Å². The number of rotatable bonds is 5. The molecule has 0 spiro atoms. The van der Waals surface area contributed by atoms with Crippen molar-refractivity contribution in [2.24, 2.45) is 23.7 Å². The summed E-state index contributed by atoms with van der Waals surface area (Å²) in [6.45, 7) is 1.74. The largest absolute Gasteiger partial charge is 0.443 e. The summed E-state index contributed by atoms with van der Waals surface area (Å²) in [6, 6.07) is 8.32. The van der Waals surface area contributed by atoms with Crippen LogP contribution in [0.3, 0.4) is 0 Å². The molecule has 8 saturated carbocycles. The third-order valence-corrected chi connectivity index (χ3v) is 11.5. The summed E-state index contributed by atoms with van der Waals surface area (Å²) in [5.41, 5.74) is 1.04. The molecule has 0 aromatic heterocycles. The SMILES string of the molecule is O=C(NC12CC3CC(CC(O)(C3)C1)C2)OC12CC3CC(CC(NCC(=O)N4Cc5ccccc5C4)(C3)C1)C2. The number of benzene rings is 1. The van der Waals surface area contributed by atoms with Crippen molar-refractivity contribution in [3.8, 4) is 0 Å². The van der Waals surface area contributed by atoms with Crippen LogP contribution in [0.5, 0.6) is 0 Å². The minimum atomic E-state index is -0.602. The lowest BCUT2D eigenvalue weighted by molar-refractivity contribution is -0.157. The Morgan fingerprint density at radius 1 is 0.842 bits per heavy atom. The number of aliphatic hydroxyl groups is 1. The Bertz CT molecular complexity index is 1130. The molecule has 3 N–H and O–H groups in total. The maximum absolute atomic E-state index is 13.5. The third-order valence-electron chi connectivity index (χ3n) is 11.5. The van der Waals surface area contributed by atoms with E-state index in [1.165, 1.54) is 24.0 Å². The van der Waals surface area contributed by atoms with Crippen LogP contribution < -0.4 is 10.6 Å². The Balaban J connectivity index is 0.937. The van der Waals surface area contributed by atoms with Crippen LogP contribution >= 0.6 is 0 Å². The first kappa shape index (κ1) is 23.7. The standard InChI is InChI=1S/C31H41N3O4/c35-26(34-16-24-3-1-2-4-25(24)17-34)15-32-28-7-22-6-23(8-28)14-31(13-22,19-28)38-27(36)33-29-9-20-5-21(10-29)12-30(37,11-20)18-29/h1-4,20-23,32,37H,5-19H2,(H,33,36). The lowest BCUT2D eigenvalue weighted by Crippen LogP contribution is -2.68. The van der Waals surface area contributed by atoms with E-state index < -0.39 is 11.2 Å². The van der Waals surface area contributed by atoms with Gasteiger partial charge in [0.2, 0.25) is 5.91 Å². The van der Waals surface area contributed by atoms with Gasteiger partial charge < -0.3 is 25.4 Å². The molecule has 0 saturated heterocycles. The Morgan fingerprint density at radius 3 is 2.03 bits per heavy atom. The fourth-order valence-corrected chi connectivity index (χ4v) is 11.2. The number of alkyl carbamates (subject to hydrolysis) is 1. The molecule has 8 bridgehead atoms. The number of nitrogens with zero attached hydrogens (tertiary/aromatic N) is 1. The molecule has 7 nitrogen and oxygen atoms in total. The van der Waals surface area contributed by atoms with Crippen molar-refractivity contribution in [1.82, 2.24) is 15.5 Å². The van der Waals surface area contributed by atoms with Crippen molar-refractivity contribution in [3.63, 3.8) is 0 Å². The normalized spacial score (nSPS) is 45.3. The molecule has 1 aromatic carbocycles. The second kappa shape index (κ2) is 7.97. The van der Waals surface area contributed by atoms with Crippen LogP contribution in [0.15, 0.2) is 24.3 Å². The van der Waals surface area contributed by atoms with Gasteiger partial charge in [-0.25, -0.2) is 4.79 Å². The number of ether oxygens (including phenoxy) is 1. The molecule has 204 valence electrons. The van der Waals surface area contributed by atoms with Crippen molar-refractivity contribution < 1.29 is 19.4 Å². The quantitative estimate of drug-likeness (QED) is 0.547. The molecule has 1 aliphatic heterocycles. The predicted octanol–water partition coefficient (Wildman–Crippen LogP) is 4.02. The second-order valence-electron chi connectivity index (χ2n) is 14.8. The Hall–Kier alpha value is -2.12. The highest BCUT2D eigenvalue weighted by molar-refractivity contribution is 5.79. The minimum absolute atomic E-state index is 0.123. The molecular weight excluding hydrogens is 478 g/mol. The summed E-state index contributed by atoms with van der Waals surface area (Å²) in [5.74, 6) is 2.29. The predicted molar refractivity (Wildman–Crippen MR) is 141 cm³/mol. The lowest BCUT2D eigenvalue weighted by Gasteiger charge is -2.62. The summed E-state index contributed by atoms with van der Waals surface area (Å²) >= 11 is 0. The Labute approximate surface area is 225 Å². The molecule has 8 fully saturated rings. The maximum Gasteiger partial charge on any atom is 0.408 e. The zero-order valence-electron chi connectivity index (χ0n) is 22.3. The number of fused-ring (bicyclic) bond motifs is 1. The summed E-state index contributed by atoms with van der Waals surface area (Å²) in [4.78, 5) is 28.6. The minimum Gasteiger partial charge on any atom is -0.443 e. The molecule has 38 heavy (non-hydrogen) atoms. The van der Waals surface area contributed by atoms with Crippen molar-refractivity contribution in [2.45, 2.75) is 112 Å². The van der Waals surface area contributed by atoms with Gasteiger partial charge in [0.05, 0.1) is 12.1 Å². The summed E-state index contributed by atoms with van der Waals surface area (Å²) in [5, 5.41) is 18.2. The first-order valence-corrected chi connectivity index (χ1v) is 15.0. The van der Waals surface area contributed by atoms with Crippen LogP contribution in [-0.2, 0) is 22.6 Å². The highest BCUT2D eigenvalue weighted by Gasteiger charge is 2.61. The number of hydrogen-bond acceptors (Lipinski definition) is 5. The average Bonchev–Trinajstić information content (AvgIpc) is 3.24. The van der Waals surface area contributed by atoms with Gasteiger partial charge in [-0.3, -0.25) is 4.79 Å². The number of amides is 2. The summed E-state index contributed by atoms with van der Waals surface area (Å²) in [6.07, 6.45) is 11.4. The monoisotopic (exact) mass is 519 g/mol. The fraction of sp³-hybridized carbons (Fsp3) is 0.742. The van der Waals surface area contributed by atoms with E-state index in [1.807, 2.05) is 17.0 Å². The van der Waals surface area contributed by atoms with Crippen LogP contribution in [0.2, 0.25) is 0 Å². The first-order chi connectivity index (χ1) is 18.2. The molecule has 4 unspecified atom stereocenters. The van der Waals surface area contributed by atoms with Gasteiger partial charge in [-0.1, -0.05) is 24.3 Å². The number of carbonyl (C=O) groups is 2. The van der Waals surface area contributed by atoms with Gasteiger partial charge in [-0.05, 0) is 105 Å². The smallest absolute Gasteiger partial charge is 0.408 e. The third kappa shape index (κ3) is 3.90. The van der Waals surface area contributed by atoms with Gasteiger partial charge in [0, 0.05) is 30.6 Å². The van der Waals surface area contributed by atoms with Gasteiger partial charge >= 0.3 is 6.09 Å². The number of hydrogen-bond donors (Lipinski definition) is 3.